The molecule has 0 bridgehead atoms. The normalized spacial score (nSPS) is 10.5. The Morgan fingerprint density at radius 1 is 1.15 bits per heavy atom. The van der Waals surface area contributed by atoms with Crippen molar-refractivity contribution in [2.75, 3.05) is 14.2 Å². The van der Waals surface area contributed by atoms with Gasteiger partial charge in [0.25, 0.3) is 0 Å². The molecule has 3 aromatic rings. The van der Waals surface area contributed by atoms with Gasteiger partial charge < -0.3 is 9.47 Å². The molecule has 0 fully saturated rings. The Kier molecular flexibility index (Phi) is 5.37. The second kappa shape index (κ2) is 7.87. The van der Waals surface area contributed by atoms with Gasteiger partial charge in [-0.1, -0.05) is 17.8 Å². The van der Waals surface area contributed by atoms with Gasteiger partial charge in [-0.25, -0.2) is 4.98 Å². The number of thioether (sulfide) groups is 1. The van der Waals surface area contributed by atoms with Crippen LogP contribution in [0.25, 0.3) is 11.4 Å². The summed E-state index contributed by atoms with van der Waals surface area (Å²) in [7, 11) is 3.02. The first kappa shape index (κ1) is 17.7. The van der Waals surface area contributed by atoms with Crippen molar-refractivity contribution in [3.8, 4) is 22.9 Å². The van der Waals surface area contributed by atoms with E-state index in [0.717, 1.165) is 16.9 Å². The van der Waals surface area contributed by atoms with Gasteiger partial charge in [0.05, 0.1) is 19.1 Å². The number of hydrogen-bond donors (Lipinski definition) is 1. The van der Waals surface area contributed by atoms with Gasteiger partial charge in [-0.3, -0.25) is 15.2 Å². The van der Waals surface area contributed by atoms with Crippen molar-refractivity contribution in [3.63, 3.8) is 0 Å². The summed E-state index contributed by atoms with van der Waals surface area (Å²) in [5.41, 5.74) is 1.63. The highest BCUT2D eigenvalue weighted by Gasteiger charge is 2.15. The first-order valence-electron chi connectivity index (χ1n) is 7.61. The number of nitrogens with zero attached hydrogens (tertiary/aromatic N) is 3. The number of hydrogen-bond acceptors (Lipinski definition) is 7. The number of rotatable bonds is 7. The number of H-pyrrole nitrogens is 1. The van der Waals surface area contributed by atoms with Gasteiger partial charge in [-0.15, -0.1) is 5.10 Å². The Hall–Kier alpha value is -3.07. The number of benzene rings is 2. The SMILES string of the molecule is COc1ccc(-c2nc(SCc3ccc(OC)c([N+](=O)[O-])c3)n[nH]2)cc1. The van der Waals surface area contributed by atoms with Crippen molar-refractivity contribution in [1.82, 2.24) is 15.2 Å². The van der Waals surface area contributed by atoms with Gasteiger partial charge >= 0.3 is 5.69 Å². The zero-order valence-electron chi connectivity index (χ0n) is 14.1. The van der Waals surface area contributed by atoms with E-state index in [1.165, 1.54) is 24.9 Å². The monoisotopic (exact) mass is 372 g/mol. The molecule has 1 aromatic heterocycles. The first-order valence-corrected chi connectivity index (χ1v) is 8.60. The van der Waals surface area contributed by atoms with Gasteiger partial charge in [-0.2, -0.15) is 0 Å². The second-order valence-corrected chi connectivity index (χ2v) is 6.19. The molecule has 2 aromatic carbocycles. The zero-order valence-corrected chi connectivity index (χ0v) is 14.9. The predicted octanol–water partition coefficient (Wildman–Crippen LogP) is 3.69. The molecule has 0 aliphatic carbocycles. The molecule has 8 nitrogen and oxygen atoms in total. The third-order valence-corrected chi connectivity index (χ3v) is 4.55. The molecule has 0 radical (unpaired) electrons. The molecular weight excluding hydrogens is 356 g/mol. The molecule has 3 rings (SSSR count). The van der Waals surface area contributed by atoms with Gasteiger partial charge in [0.1, 0.15) is 5.75 Å². The number of ether oxygens (including phenoxy) is 2. The average molecular weight is 372 g/mol. The molecule has 0 saturated heterocycles. The molecule has 0 unspecified atom stereocenters. The number of nitro benzene ring substituents is 1. The van der Waals surface area contributed by atoms with Crippen molar-refractivity contribution in [1.29, 1.82) is 0 Å². The van der Waals surface area contributed by atoms with Crippen LogP contribution in [0, 0.1) is 10.1 Å². The Bertz CT molecular complexity index is 911. The number of nitro groups is 1. The smallest absolute Gasteiger partial charge is 0.311 e. The molecule has 0 aliphatic heterocycles. The van der Waals surface area contributed by atoms with Gasteiger partial charge in [0, 0.05) is 17.4 Å². The molecule has 0 amide bonds. The quantitative estimate of drug-likeness (QED) is 0.383. The summed E-state index contributed by atoms with van der Waals surface area (Å²) in [4.78, 5) is 15.1. The summed E-state index contributed by atoms with van der Waals surface area (Å²) in [6, 6.07) is 12.4. The van der Waals surface area contributed by atoms with Crippen LogP contribution >= 0.6 is 11.8 Å². The van der Waals surface area contributed by atoms with Gasteiger partial charge in [0.15, 0.2) is 11.6 Å². The summed E-state index contributed by atoms with van der Waals surface area (Å²) in [6.45, 7) is 0. The first-order chi connectivity index (χ1) is 12.6. The molecule has 9 heteroatoms. The number of methoxy groups -OCH3 is 2. The maximum atomic E-state index is 11.1. The molecule has 0 saturated carbocycles. The van der Waals surface area contributed by atoms with Crippen molar-refractivity contribution >= 4 is 17.4 Å². The standard InChI is InChI=1S/C17H16N4O4S/c1-24-13-6-4-12(5-7-13)16-18-17(20-19-16)26-10-11-3-8-15(25-2)14(9-11)21(22)23/h3-9H,10H2,1-2H3,(H,18,19,20). The molecular formula is C17H16N4O4S. The highest BCUT2D eigenvalue weighted by molar-refractivity contribution is 7.98. The molecule has 0 spiro atoms. The molecule has 0 aliphatic rings. The topological polar surface area (TPSA) is 103 Å². The Morgan fingerprint density at radius 2 is 1.92 bits per heavy atom. The lowest BCUT2D eigenvalue weighted by atomic mass is 10.2. The van der Waals surface area contributed by atoms with E-state index in [2.05, 4.69) is 15.2 Å². The Labute approximate surface area is 153 Å². The van der Waals surface area contributed by atoms with E-state index >= 15 is 0 Å². The van der Waals surface area contributed by atoms with Crippen LogP contribution < -0.4 is 9.47 Å². The minimum Gasteiger partial charge on any atom is -0.497 e. The lowest BCUT2D eigenvalue weighted by Crippen LogP contribution is -1.95. The molecule has 26 heavy (non-hydrogen) atoms. The average Bonchev–Trinajstić information content (AvgIpc) is 3.15. The predicted molar refractivity (Wildman–Crippen MR) is 97.6 cm³/mol. The van der Waals surface area contributed by atoms with Gasteiger partial charge in [0.2, 0.25) is 5.16 Å². The van der Waals surface area contributed by atoms with Crippen LogP contribution in [0.5, 0.6) is 11.5 Å². The van der Waals surface area contributed by atoms with Crippen molar-refractivity contribution in [2.45, 2.75) is 10.9 Å². The van der Waals surface area contributed by atoms with E-state index < -0.39 is 4.92 Å². The molecule has 1 heterocycles. The maximum absolute atomic E-state index is 11.1. The van der Waals surface area contributed by atoms with E-state index in [4.69, 9.17) is 9.47 Å². The van der Waals surface area contributed by atoms with Gasteiger partial charge in [-0.05, 0) is 35.9 Å². The fourth-order valence-corrected chi connectivity index (χ4v) is 3.05. The van der Waals surface area contributed by atoms with Crippen LogP contribution in [-0.2, 0) is 5.75 Å². The molecule has 1 N–H and O–H groups in total. The lowest BCUT2D eigenvalue weighted by Gasteiger charge is -2.04. The van der Waals surface area contributed by atoms with Crippen LogP contribution in [0.1, 0.15) is 5.56 Å². The van der Waals surface area contributed by atoms with E-state index in [9.17, 15) is 10.1 Å². The van der Waals surface area contributed by atoms with Crippen LogP contribution in [0.2, 0.25) is 0 Å². The van der Waals surface area contributed by atoms with Crippen molar-refractivity contribution in [2.24, 2.45) is 0 Å². The van der Waals surface area contributed by atoms with Crippen molar-refractivity contribution in [3.05, 3.63) is 58.1 Å². The largest absolute Gasteiger partial charge is 0.497 e. The summed E-state index contributed by atoms with van der Waals surface area (Å²) in [6.07, 6.45) is 0. The van der Waals surface area contributed by atoms with E-state index in [-0.39, 0.29) is 11.4 Å². The van der Waals surface area contributed by atoms with Crippen LogP contribution in [0.4, 0.5) is 5.69 Å². The van der Waals surface area contributed by atoms with E-state index in [1.54, 1.807) is 19.2 Å². The van der Waals surface area contributed by atoms with Crippen LogP contribution in [0.15, 0.2) is 47.6 Å². The number of aromatic amines is 1. The molecule has 0 atom stereocenters. The van der Waals surface area contributed by atoms with E-state index in [0.29, 0.717) is 16.7 Å². The maximum Gasteiger partial charge on any atom is 0.311 e. The third kappa shape index (κ3) is 3.94. The highest BCUT2D eigenvalue weighted by Crippen LogP contribution is 2.30. The Balaban J connectivity index is 1.70. The van der Waals surface area contributed by atoms with Crippen LogP contribution in [0.3, 0.4) is 0 Å². The fourth-order valence-electron chi connectivity index (χ4n) is 2.30. The highest BCUT2D eigenvalue weighted by atomic mass is 32.2. The summed E-state index contributed by atoms with van der Waals surface area (Å²) in [5.74, 6) is 2.16. The number of nitrogens with one attached hydrogen (secondary N) is 1. The minimum absolute atomic E-state index is 0.0560. The fraction of sp³-hybridized carbons (Fsp3) is 0.176. The summed E-state index contributed by atoms with van der Waals surface area (Å²) in [5, 5.41) is 18.7. The third-order valence-electron chi connectivity index (χ3n) is 3.64. The zero-order chi connectivity index (χ0) is 18.5. The number of aromatic nitrogens is 3. The second-order valence-electron chi connectivity index (χ2n) is 5.25. The summed E-state index contributed by atoms with van der Waals surface area (Å²) >= 11 is 1.39. The van der Waals surface area contributed by atoms with E-state index in [1.807, 2.05) is 24.3 Å². The summed E-state index contributed by atoms with van der Waals surface area (Å²) < 4.78 is 10.1. The lowest BCUT2D eigenvalue weighted by molar-refractivity contribution is -0.385. The van der Waals surface area contributed by atoms with Crippen LogP contribution in [-0.4, -0.2) is 34.3 Å². The molecule has 134 valence electrons. The minimum atomic E-state index is -0.457. The Morgan fingerprint density at radius 3 is 2.58 bits per heavy atom. The van der Waals surface area contributed by atoms with Crippen molar-refractivity contribution < 1.29 is 14.4 Å².